The van der Waals surface area contributed by atoms with Gasteiger partial charge in [-0.3, -0.25) is 13.9 Å². The number of aromatic nitrogens is 4. The van der Waals surface area contributed by atoms with E-state index >= 15 is 0 Å². The molecule has 0 bridgehead atoms. The summed E-state index contributed by atoms with van der Waals surface area (Å²) in [5.74, 6) is -0.356. The van der Waals surface area contributed by atoms with Crippen LogP contribution in [0.3, 0.4) is 0 Å². The van der Waals surface area contributed by atoms with Crippen LogP contribution in [0.5, 0.6) is 0 Å². The van der Waals surface area contributed by atoms with Gasteiger partial charge in [-0.2, -0.15) is 4.68 Å². The molecule has 2 heterocycles. The lowest BCUT2D eigenvalue weighted by atomic mass is 10.1. The molecule has 0 unspecified atom stereocenters. The molecule has 0 aliphatic carbocycles. The van der Waals surface area contributed by atoms with E-state index in [0.29, 0.717) is 23.0 Å². The Morgan fingerprint density at radius 2 is 1.97 bits per heavy atom. The summed E-state index contributed by atoms with van der Waals surface area (Å²) in [6, 6.07) is 10.6. The molecular formula is C20H16ClFN4O3. The summed E-state index contributed by atoms with van der Waals surface area (Å²) in [6.07, 6.45) is 1.44. The molecule has 4 aromatic rings. The monoisotopic (exact) mass is 414 g/mol. The number of aliphatic hydroxyl groups is 1. The first-order chi connectivity index (χ1) is 14.0. The van der Waals surface area contributed by atoms with Crippen molar-refractivity contribution in [2.45, 2.75) is 20.1 Å². The van der Waals surface area contributed by atoms with Crippen molar-refractivity contribution in [2.24, 2.45) is 0 Å². The summed E-state index contributed by atoms with van der Waals surface area (Å²) in [4.78, 5) is 25.4. The summed E-state index contributed by atoms with van der Waals surface area (Å²) in [5, 5.41) is 14.6. The molecule has 0 spiro atoms. The van der Waals surface area contributed by atoms with Crippen LogP contribution in [0.2, 0.25) is 5.02 Å². The van der Waals surface area contributed by atoms with Gasteiger partial charge in [0.25, 0.3) is 5.56 Å². The van der Waals surface area contributed by atoms with E-state index in [1.165, 1.54) is 33.6 Å². The Bertz CT molecular complexity index is 1340. The maximum Gasteiger partial charge on any atom is 0.350 e. The van der Waals surface area contributed by atoms with E-state index in [0.717, 1.165) is 4.57 Å². The Morgan fingerprint density at radius 1 is 1.17 bits per heavy atom. The van der Waals surface area contributed by atoms with Crippen LogP contribution in [-0.2, 0) is 13.2 Å². The van der Waals surface area contributed by atoms with E-state index in [2.05, 4.69) is 5.10 Å². The van der Waals surface area contributed by atoms with Gasteiger partial charge in [-0.1, -0.05) is 17.7 Å². The minimum absolute atomic E-state index is 0.0179. The topological polar surface area (TPSA) is 82.0 Å². The van der Waals surface area contributed by atoms with Crippen LogP contribution in [0.4, 0.5) is 4.39 Å². The fourth-order valence-electron chi connectivity index (χ4n) is 3.30. The predicted octanol–water partition coefficient (Wildman–Crippen LogP) is 2.64. The molecule has 0 fully saturated rings. The number of hydrogen-bond donors (Lipinski definition) is 1. The first-order valence-electron chi connectivity index (χ1n) is 8.86. The molecule has 0 saturated carbocycles. The van der Waals surface area contributed by atoms with Gasteiger partial charge in [-0.15, -0.1) is 5.10 Å². The lowest BCUT2D eigenvalue weighted by Crippen LogP contribution is -2.24. The number of pyridine rings is 1. The van der Waals surface area contributed by atoms with Gasteiger partial charge in [0.05, 0.1) is 10.7 Å². The molecule has 1 N–H and O–H groups in total. The molecule has 9 heteroatoms. The number of hydrogen-bond acceptors (Lipinski definition) is 4. The van der Waals surface area contributed by atoms with E-state index in [1.54, 1.807) is 31.2 Å². The fourth-order valence-corrected chi connectivity index (χ4v) is 3.56. The lowest BCUT2D eigenvalue weighted by Gasteiger charge is -2.10. The van der Waals surface area contributed by atoms with E-state index < -0.39 is 11.4 Å². The van der Waals surface area contributed by atoms with Gasteiger partial charge in [-0.25, -0.2) is 9.18 Å². The van der Waals surface area contributed by atoms with Crippen molar-refractivity contribution in [3.63, 3.8) is 0 Å². The summed E-state index contributed by atoms with van der Waals surface area (Å²) in [6.45, 7) is 1.79. The quantitative estimate of drug-likeness (QED) is 0.556. The van der Waals surface area contributed by atoms with Gasteiger partial charge >= 0.3 is 5.69 Å². The Kier molecular flexibility index (Phi) is 4.81. The third kappa shape index (κ3) is 3.06. The van der Waals surface area contributed by atoms with Crippen LogP contribution in [0, 0.1) is 5.82 Å². The lowest BCUT2D eigenvalue weighted by molar-refractivity contribution is 0.264. The van der Waals surface area contributed by atoms with Gasteiger partial charge < -0.3 is 5.11 Å². The molecule has 4 rings (SSSR count). The number of nitrogens with zero attached hydrogens (tertiary/aromatic N) is 4. The molecule has 0 radical (unpaired) electrons. The maximum atomic E-state index is 14.2. The van der Waals surface area contributed by atoms with Gasteiger partial charge in [0.2, 0.25) is 0 Å². The normalized spacial score (nSPS) is 11.3. The third-order valence-electron chi connectivity index (χ3n) is 4.71. The SMILES string of the molecule is CCn1c(CO)nn(-c2ccc3c(=O)n(-c4c(F)cccc4Cl)ccc3c2)c1=O. The molecule has 0 saturated heterocycles. The van der Waals surface area contributed by atoms with Crippen LogP contribution in [-0.4, -0.2) is 24.0 Å². The molecule has 29 heavy (non-hydrogen) atoms. The molecule has 0 atom stereocenters. The minimum Gasteiger partial charge on any atom is -0.388 e. The van der Waals surface area contributed by atoms with E-state index in [-0.39, 0.29) is 28.8 Å². The second kappa shape index (κ2) is 7.31. The zero-order chi connectivity index (χ0) is 20.7. The highest BCUT2D eigenvalue weighted by atomic mass is 35.5. The Balaban J connectivity index is 1.89. The van der Waals surface area contributed by atoms with Gasteiger partial charge in [0, 0.05) is 18.1 Å². The number of para-hydroxylation sites is 1. The van der Waals surface area contributed by atoms with Crippen LogP contribution >= 0.6 is 11.6 Å². The number of fused-ring (bicyclic) bond motifs is 1. The smallest absolute Gasteiger partial charge is 0.350 e. The number of rotatable bonds is 4. The summed E-state index contributed by atoms with van der Waals surface area (Å²) in [5.41, 5.74) is -0.396. The highest BCUT2D eigenvalue weighted by Crippen LogP contribution is 2.23. The molecule has 7 nitrogen and oxygen atoms in total. The summed E-state index contributed by atoms with van der Waals surface area (Å²) in [7, 11) is 0. The predicted molar refractivity (Wildman–Crippen MR) is 107 cm³/mol. The third-order valence-corrected chi connectivity index (χ3v) is 5.01. The van der Waals surface area contributed by atoms with E-state index in [4.69, 9.17) is 11.6 Å². The molecule has 0 aliphatic rings. The molecule has 2 aromatic heterocycles. The van der Waals surface area contributed by atoms with E-state index in [1.807, 2.05) is 0 Å². The molecule has 148 valence electrons. The zero-order valence-electron chi connectivity index (χ0n) is 15.3. The average molecular weight is 415 g/mol. The first-order valence-corrected chi connectivity index (χ1v) is 9.23. The summed E-state index contributed by atoms with van der Waals surface area (Å²) < 4.78 is 17.9. The number of aliphatic hydroxyl groups excluding tert-OH is 1. The standard InChI is InChI=1S/C20H16ClFN4O3/c1-2-24-17(11-27)23-26(20(24)29)13-6-7-14-12(10-13)8-9-25(19(14)28)18-15(21)4-3-5-16(18)22/h3-10,27H,2,11H2,1H3. The van der Waals surface area contributed by atoms with Crippen molar-refractivity contribution >= 4 is 22.4 Å². The van der Waals surface area contributed by atoms with Crippen LogP contribution in [0.25, 0.3) is 22.1 Å². The Hall–Kier alpha value is -3.23. The van der Waals surface area contributed by atoms with Crippen molar-refractivity contribution < 1.29 is 9.50 Å². The van der Waals surface area contributed by atoms with Crippen molar-refractivity contribution in [2.75, 3.05) is 0 Å². The zero-order valence-corrected chi connectivity index (χ0v) is 16.1. The molecule has 2 aromatic carbocycles. The average Bonchev–Trinajstić information content (AvgIpc) is 3.04. The van der Waals surface area contributed by atoms with Crippen LogP contribution in [0.1, 0.15) is 12.7 Å². The number of benzene rings is 2. The largest absolute Gasteiger partial charge is 0.388 e. The molecule has 0 aliphatic heterocycles. The van der Waals surface area contributed by atoms with Crippen molar-refractivity contribution in [3.8, 4) is 11.4 Å². The van der Waals surface area contributed by atoms with Crippen molar-refractivity contribution in [1.29, 1.82) is 0 Å². The second-order valence-corrected chi connectivity index (χ2v) is 6.75. The van der Waals surface area contributed by atoms with Crippen LogP contribution < -0.4 is 11.2 Å². The van der Waals surface area contributed by atoms with Gasteiger partial charge in [0.1, 0.15) is 18.1 Å². The minimum atomic E-state index is -0.608. The number of halogens is 2. The summed E-state index contributed by atoms with van der Waals surface area (Å²) >= 11 is 6.09. The Morgan fingerprint density at radius 3 is 2.62 bits per heavy atom. The first kappa shape index (κ1) is 19.1. The van der Waals surface area contributed by atoms with Gasteiger partial charge in [-0.05, 0) is 48.7 Å². The maximum absolute atomic E-state index is 14.2. The van der Waals surface area contributed by atoms with Crippen molar-refractivity contribution in [3.05, 3.63) is 86.2 Å². The molecule has 0 amide bonds. The second-order valence-electron chi connectivity index (χ2n) is 6.35. The molecular weight excluding hydrogens is 399 g/mol. The van der Waals surface area contributed by atoms with Gasteiger partial charge in [0.15, 0.2) is 5.82 Å². The van der Waals surface area contributed by atoms with Crippen LogP contribution in [0.15, 0.2) is 58.3 Å². The Labute approximate surface area is 168 Å². The highest BCUT2D eigenvalue weighted by Gasteiger charge is 2.15. The van der Waals surface area contributed by atoms with Crippen molar-refractivity contribution in [1.82, 2.24) is 18.9 Å². The van der Waals surface area contributed by atoms with E-state index in [9.17, 15) is 19.1 Å². The highest BCUT2D eigenvalue weighted by molar-refractivity contribution is 6.32. The fraction of sp³-hybridized carbons (Fsp3) is 0.150.